The molecule has 4 unspecified atom stereocenters. The van der Waals surface area contributed by atoms with Gasteiger partial charge in [-0.1, -0.05) is 188 Å². The Balaban J connectivity index is 3.77. The molecule has 0 aliphatic heterocycles. The molecule has 0 aliphatic carbocycles. The minimum atomic E-state index is -0.00186. The van der Waals surface area contributed by atoms with Crippen molar-refractivity contribution in [3.05, 3.63) is 12.8 Å². The zero-order valence-electron chi connectivity index (χ0n) is 38.3. The Bertz CT molecular complexity index is 855. The predicted molar refractivity (Wildman–Crippen MR) is 244 cm³/mol. The first kappa shape index (κ1) is 54.4. The van der Waals surface area contributed by atoms with Gasteiger partial charge in [0, 0.05) is 37.5 Å². The Labute approximate surface area is 349 Å². The molecule has 0 rings (SSSR count). The molecule has 0 spiro atoms. The lowest BCUT2D eigenvalue weighted by Crippen LogP contribution is -2.50. The van der Waals surface area contributed by atoms with Crippen LogP contribution in [0.15, 0.2) is 12.8 Å². The maximum absolute atomic E-state index is 12.5. The molecule has 0 aromatic heterocycles. The van der Waals surface area contributed by atoms with Crippen LogP contribution in [0.5, 0.6) is 0 Å². The maximum atomic E-state index is 12.5. The van der Waals surface area contributed by atoms with Crippen LogP contribution >= 0.6 is 0 Å². The summed E-state index contributed by atoms with van der Waals surface area (Å²) in [5, 5.41) is 13.6. The number of carbonyl (C=O) groups is 2. The van der Waals surface area contributed by atoms with Crippen LogP contribution in [0.4, 0.5) is 0 Å². The van der Waals surface area contributed by atoms with Crippen LogP contribution in [0.1, 0.15) is 240 Å². The predicted octanol–water partition coefficient (Wildman–Crippen LogP) is 12.9. The summed E-state index contributed by atoms with van der Waals surface area (Å²) in [7, 11) is 0. The first-order valence-electron chi connectivity index (χ1n) is 24.6. The fourth-order valence-corrected chi connectivity index (χ4v) is 7.78. The Morgan fingerprint density at radius 3 is 1.27 bits per heavy atom. The first-order valence-corrected chi connectivity index (χ1v) is 24.6. The van der Waals surface area contributed by atoms with Crippen molar-refractivity contribution in [3.63, 3.8) is 0 Å². The van der Waals surface area contributed by atoms with E-state index in [0.29, 0.717) is 6.42 Å². The van der Waals surface area contributed by atoms with E-state index >= 15 is 0 Å². The largest absolute Gasteiger partial charge is 0.495 e. The summed E-state index contributed by atoms with van der Waals surface area (Å²) in [5.41, 5.74) is 0. The highest BCUT2D eigenvalue weighted by molar-refractivity contribution is 5.78. The van der Waals surface area contributed by atoms with E-state index in [9.17, 15) is 9.59 Å². The Morgan fingerprint density at radius 1 is 0.482 bits per heavy atom. The summed E-state index contributed by atoms with van der Waals surface area (Å²) in [4.78, 5) is 24.8. The summed E-state index contributed by atoms with van der Waals surface area (Å²) >= 11 is 0. The maximum Gasteiger partial charge on any atom is 0.222 e. The fraction of sp³-hybridized carbons (Fsp3) is 0.918. The highest BCUT2D eigenvalue weighted by atomic mass is 16.5. The molecular formula is C49H98N4O3. The zero-order chi connectivity index (χ0) is 41.2. The van der Waals surface area contributed by atoms with E-state index in [1.807, 2.05) is 0 Å². The number of hydrogen-bond donors (Lipinski definition) is 4. The third-order valence-corrected chi connectivity index (χ3v) is 11.7. The van der Waals surface area contributed by atoms with Crippen LogP contribution in [0.25, 0.3) is 0 Å². The Hall–Kier alpha value is -1.60. The Kier molecular flexibility index (Phi) is 41.8. The highest BCUT2D eigenvalue weighted by Crippen LogP contribution is 2.16. The molecular weight excluding hydrogens is 693 g/mol. The number of carbonyl (C=O) groups excluding carboxylic acids is 2. The Morgan fingerprint density at radius 2 is 0.839 bits per heavy atom. The third kappa shape index (κ3) is 36.7. The molecule has 0 saturated carbocycles. The van der Waals surface area contributed by atoms with E-state index in [1.165, 1.54) is 148 Å². The molecule has 7 nitrogen and oxygen atoms in total. The molecule has 7 heteroatoms. The van der Waals surface area contributed by atoms with Crippen LogP contribution in [0, 0.1) is 5.92 Å². The minimum Gasteiger partial charge on any atom is -0.495 e. The first-order chi connectivity index (χ1) is 27.4. The van der Waals surface area contributed by atoms with E-state index in [1.54, 1.807) is 6.26 Å². The van der Waals surface area contributed by atoms with Crippen molar-refractivity contribution in [1.29, 1.82) is 0 Å². The van der Waals surface area contributed by atoms with Crippen molar-refractivity contribution in [3.8, 4) is 0 Å². The molecule has 0 aliphatic rings. The molecule has 2 amide bonds. The van der Waals surface area contributed by atoms with Crippen LogP contribution < -0.4 is 21.3 Å². The number of nitrogens with one attached hydrogen (secondary N) is 4. The van der Waals surface area contributed by atoms with Crippen molar-refractivity contribution in [2.75, 3.05) is 26.2 Å². The lowest BCUT2D eigenvalue weighted by atomic mass is 10.0. The summed E-state index contributed by atoms with van der Waals surface area (Å²) in [6.45, 7) is 18.2. The third-order valence-electron chi connectivity index (χ3n) is 11.7. The second kappa shape index (κ2) is 43.0. The molecule has 56 heavy (non-hydrogen) atoms. The van der Waals surface area contributed by atoms with Gasteiger partial charge in [0.2, 0.25) is 11.8 Å². The van der Waals surface area contributed by atoms with Crippen molar-refractivity contribution in [2.24, 2.45) is 5.92 Å². The standard InChI is InChI=1S/C49H98N4O3/c1-7-10-12-14-16-18-20-21-23-25-27-29-33-39-47(54)52-42-36-30-34-40-50-45(5)48(56-9-3)46(6)51-41-35-31-37-43-53-49(55)44(4)38-32-28-26-24-22-19-17-15-13-11-8-2/h9,44-46,48,50-51H,3,7-8,10-43H2,1-2,4-6H3,(H,52,54)(H,53,55). The van der Waals surface area contributed by atoms with Gasteiger partial charge in [-0.05, 0) is 65.5 Å². The second-order valence-corrected chi connectivity index (χ2v) is 17.2. The molecule has 332 valence electrons. The number of unbranched alkanes of at least 4 members (excludes halogenated alkanes) is 26. The molecule has 0 radical (unpaired) electrons. The number of hydrogen-bond acceptors (Lipinski definition) is 5. The van der Waals surface area contributed by atoms with Crippen molar-refractivity contribution < 1.29 is 14.3 Å². The van der Waals surface area contributed by atoms with Crippen molar-refractivity contribution >= 4 is 11.8 Å². The van der Waals surface area contributed by atoms with Gasteiger partial charge in [-0.15, -0.1) is 0 Å². The van der Waals surface area contributed by atoms with Crippen LogP contribution in [-0.2, 0) is 14.3 Å². The van der Waals surface area contributed by atoms with Crippen LogP contribution in [-0.4, -0.2) is 56.2 Å². The van der Waals surface area contributed by atoms with E-state index in [4.69, 9.17) is 4.74 Å². The number of rotatable bonds is 45. The van der Waals surface area contributed by atoms with Crippen molar-refractivity contribution in [2.45, 2.75) is 258 Å². The summed E-state index contributed by atoms with van der Waals surface area (Å²) in [6.07, 6.45) is 41.7. The van der Waals surface area contributed by atoms with Gasteiger partial charge in [-0.25, -0.2) is 0 Å². The summed E-state index contributed by atoms with van der Waals surface area (Å²) in [6, 6.07) is 0.384. The van der Waals surface area contributed by atoms with Gasteiger partial charge in [-0.2, -0.15) is 0 Å². The minimum absolute atomic E-state index is 0.00186. The monoisotopic (exact) mass is 791 g/mol. The van der Waals surface area contributed by atoms with E-state index in [2.05, 4.69) is 62.5 Å². The molecule has 0 heterocycles. The lowest BCUT2D eigenvalue weighted by Gasteiger charge is -2.30. The number of amides is 2. The zero-order valence-corrected chi connectivity index (χ0v) is 38.3. The van der Waals surface area contributed by atoms with Crippen LogP contribution in [0.2, 0.25) is 0 Å². The van der Waals surface area contributed by atoms with E-state index in [-0.39, 0.29) is 35.9 Å². The summed E-state index contributed by atoms with van der Waals surface area (Å²) in [5.74, 6) is 0.550. The molecule has 4 atom stereocenters. The molecule has 0 aromatic rings. The normalized spacial score (nSPS) is 13.6. The van der Waals surface area contributed by atoms with Gasteiger partial charge in [0.05, 0.1) is 6.26 Å². The van der Waals surface area contributed by atoms with Gasteiger partial charge in [0.25, 0.3) is 0 Å². The number of ether oxygens (including phenoxy) is 1. The quantitative estimate of drug-likeness (QED) is 0.0364. The topological polar surface area (TPSA) is 91.5 Å². The summed E-state index contributed by atoms with van der Waals surface area (Å²) < 4.78 is 5.93. The smallest absolute Gasteiger partial charge is 0.222 e. The second-order valence-electron chi connectivity index (χ2n) is 17.2. The molecule has 0 fully saturated rings. The average molecular weight is 791 g/mol. The van der Waals surface area contributed by atoms with Gasteiger partial charge < -0.3 is 26.0 Å². The van der Waals surface area contributed by atoms with E-state index < -0.39 is 0 Å². The average Bonchev–Trinajstić information content (AvgIpc) is 3.19. The highest BCUT2D eigenvalue weighted by Gasteiger charge is 2.23. The SMILES string of the molecule is C=COC(C(C)NCCCCCNC(=O)CCCCCCCCCCCCCCC)C(C)NCCCCCNC(=O)C(C)CCCCCCCCCCCCC. The van der Waals surface area contributed by atoms with E-state index in [0.717, 1.165) is 77.5 Å². The van der Waals surface area contributed by atoms with Gasteiger partial charge in [-0.3, -0.25) is 9.59 Å². The van der Waals surface area contributed by atoms with Gasteiger partial charge >= 0.3 is 0 Å². The molecule has 4 N–H and O–H groups in total. The van der Waals surface area contributed by atoms with Crippen LogP contribution in [0.3, 0.4) is 0 Å². The molecule has 0 saturated heterocycles. The molecule has 0 bridgehead atoms. The van der Waals surface area contributed by atoms with Gasteiger partial charge in [0.15, 0.2) is 0 Å². The molecule has 0 aromatic carbocycles. The fourth-order valence-electron chi connectivity index (χ4n) is 7.78. The van der Waals surface area contributed by atoms with Gasteiger partial charge in [0.1, 0.15) is 6.10 Å². The van der Waals surface area contributed by atoms with Crippen molar-refractivity contribution in [1.82, 2.24) is 21.3 Å². The lowest BCUT2D eigenvalue weighted by molar-refractivity contribution is -0.124.